The second-order valence-electron chi connectivity index (χ2n) is 3.01. The molecule has 1 aromatic rings. The first kappa shape index (κ1) is 12.8. The summed E-state index contributed by atoms with van der Waals surface area (Å²) in [6.07, 6.45) is -4.49. The third kappa shape index (κ3) is 2.29. The molecule has 7 heteroatoms. The van der Waals surface area contributed by atoms with Gasteiger partial charge in [-0.1, -0.05) is 0 Å². The molecule has 0 saturated carbocycles. The number of alkyl halides is 3. The SMILES string of the molecule is CCOC(=O)c1c(N)sc(C(F)(F)F)c1C. The number of esters is 1. The Kier molecular flexibility index (Phi) is 3.47. The number of ether oxygens (including phenoxy) is 1. The van der Waals surface area contributed by atoms with Crippen molar-refractivity contribution in [1.82, 2.24) is 0 Å². The van der Waals surface area contributed by atoms with Gasteiger partial charge in [0, 0.05) is 0 Å². The molecule has 0 aromatic carbocycles. The van der Waals surface area contributed by atoms with Crippen molar-refractivity contribution >= 4 is 22.3 Å². The smallest absolute Gasteiger partial charge is 0.425 e. The van der Waals surface area contributed by atoms with E-state index in [0.29, 0.717) is 11.3 Å². The van der Waals surface area contributed by atoms with Crippen LogP contribution in [0, 0.1) is 6.92 Å². The van der Waals surface area contributed by atoms with Gasteiger partial charge in [-0.2, -0.15) is 13.2 Å². The number of hydrogen-bond acceptors (Lipinski definition) is 4. The van der Waals surface area contributed by atoms with Gasteiger partial charge in [0.1, 0.15) is 9.88 Å². The minimum absolute atomic E-state index is 0.0922. The van der Waals surface area contributed by atoms with Gasteiger partial charge in [-0.05, 0) is 19.4 Å². The predicted molar refractivity (Wildman–Crippen MR) is 54.4 cm³/mol. The largest absolute Gasteiger partial charge is 0.462 e. The first-order valence-electron chi connectivity index (χ1n) is 4.42. The summed E-state index contributed by atoms with van der Waals surface area (Å²) in [6.45, 7) is 2.87. The number of thiophene rings is 1. The van der Waals surface area contributed by atoms with Gasteiger partial charge < -0.3 is 10.5 Å². The van der Waals surface area contributed by atoms with Crippen molar-refractivity contribution in [3.63, 3.8) is 0 Å². The van der Waals surface area contributed by atoms with Crippen LogP contribution < -0.4 is 5.73 Å². The Morgan fingerprint density at radius 3 is 2.44 bits per heavy atom. The first-order valence-corrected chi connectivity index (χ1v) is 5.23. The van der Waals surface area contributed by atoms with Gasteiger partial charge in [-0.3, -0.25) is 0 Å². The summed E-state index contributed by atoms with van der Waals surface area (Å²) in [6, 6.07) is 0. The molecule has 0 amide bonds. The molecule has 16 heavy (non-hydrogen) atoms. The highest BCUT2D eigenvalue weighted by atomic mass is 32.1. The molecule has 0 unspecified atom stereocenters. The lowest BCUT2D eigenvalue weighted by Crippen LogP contribution is -2.09. The van der Waals surface area contributed by atoms with Crippen LogP contribution >= 0.6 is 11.3 Å². The summed E-state index contributed by atoms with van der Waals surface area (Å²) >= 11 is 0.354. The molecule has 0 aliphatic rings. The standard InChI is InChI=1S/C9H10F3NO2S/c1-3-15-8(14)5-4(2)6(9(10,11)12)16-7(5)13/h3,13H2,1-2H3. The Morgan fingerprint density at radius 2 is 2.06 bits per heavy atom. The minimum Gasteiger partial charge on any atom is -0.462 e. The van der Waals surface area contributed by atoms with Gasteiger partial charge in [0.25, 0.3) is 0 Å². The molecule has 1 rings (SSSR count). The predicted octanol–water partition coefficient (Wildman–Crippen LogP) is 2.83. The molecule has 1 aromatic heterocycles. The van der Waals surface area contributed by atoms with Gasteiger partial charge in [0.2, 0.25) is 0 Å². The molecule has 3 nitrogen and oxygen atoms in total. The molecule has 1 heterocycles. The second-order valence-corrected chi connectivity index (χ2v) is 4.07. The number of halogens is 3. The quantitative estimate of drug-likeness (QED) is 0.824. The maximum atomic E-state index is 12.5. The van der Waals surface area contributed by atoms with Crippen LogP contribution in [0.2, 0.25) is 0 Å². The lowest BCUT2D eigenvalue weighted by Gasteiger charge is -2.05. The Bertz CT molecular complexity index is 412. The average Bonchev–Trinajstić information content (AvgIpc) is 2.41. The van der Waals surface area contributed by atoms with E-state index < -0.39 is 17.0 Å². The molecule has 90 valence electrons. The van der Waals surface area contributed by atoms with Crippen molar-refractivity contribution in [2.45, 2.75) is 20.0 Å². The van der Waals surface area contributed by atoms with Crippen molar-refractivity contribution in [3.05, 3.63) is 16.0 Å². The van der Waals surface area contributed by atoms with Crippen molar-refractivity contribution in [2.24, 2.45) is 0 Å². The van der Waals surface area contributed by atoms with Crippen molar-refractivity contribution < 1.29 is 22.7 Å². The number of carbonyl (C=O) groups excluding carboxylic acids is 1. The van der Waals surface area contributed by atoms with Crippen LogP contribution in [-0.4, -0.2) is 12.6 Å². The van der Waals surface area contributed by atoms with Crippen LogP contribution in [0.15, 0.2) is 0 Å². The summed E-state index contributed by atoms with van der Waals surface area (Å²) in [5, 5.41) is -0.164. The highest BCUT2D eigenvalue weighted by molar-refractivity contribution is 7.16. The van der Waals surface area contributed by atoms with E-state index >= 15 is 0 Å². The molecule has 0 atom stereocenters. The number of rotatable bonds is 2. The van der Waals surface area contributed by atoms with Crippen LogP contribution in [0.25, 0.3) is 0 Å². The van der Waals surface area contributed by atoms with Gasteiger partial charge in [-0.25, -0.2) is 4.79 Å². The Morgan fingerprint density at radius 1 is 1.50 bits per heavy atom. The number of nitrogen functional groups attached to an aromatic ring is 1. The van der Waals surface area contributed by atoms with E-state index in [1.54, 1.807) is 6.92 Å². The lowest BCUT2D eigenvalue weighted by molar-refractivity contribution is -0.134. The van der Waals surface area contributed by atoms with Crippen LogP contribution in [0.3, 0.4) is 0 Å². The monoisotopic (exact) mass is 253 g/mol. The van der Waals surface area contributed by atoms with E-state index in [1.807, 2.05) is 0 Å². The molecule has 0 bridgehead atoms. The topological polar surface area (TPSA) is 52.3 Å². The molecular formula is C9H10F3NO2S. The molecule has 0 radical (unpaired) electrons. The van der Waals surface area contributed by atoms with E-state index in [1.165, 1.54) is 6.92 Å². The highest BCUT2D eigenvalue weighted by Crippen LogP contribution is 2.41. The van der Waals surface area contributed by atoms with E-state index in [4.69, 9.17) is 5.73 Å². The molecule has 0 fully saturated rings. The van der Waals surface area contributed by atoms with Crippen LogP contribution in [0.5, 0.6) is 0 Å². The van der Waals surface area contributed by atoms with E-state index in [0.717, 1.165) is 0 Å². The van der Waals surface area contributed by atoms with Crippen LogP contribution in [-0.2, 0) is 10.9 Å². The van der Waals surface area contributed by atoms with E-state index in [2.05, 4.69) is 4.74 Å². The van der Waals surface area contributed by atoms with E-state index in [9.17, 15) is 18.0 Å². The van der Waals surface area contributed by atoms with Gasteiger partial charge in [0.15, 0.2) is 0 Å². The third-order valence-electron chi connectivity index (χ3n) is 1.91. The Labute approximate surface area is 94.0 Å². The fourth-order valence-corrected chi connectivity index (χ4v) is 2.19. The lowest BCUT2D eigenvalue weighted by atomic mass is 10.1. The fraction of sp³-hybridized carbons (Fsp3) is 0.444. The maximum absolute atomic E-state index is 12.5. The molecule has 0 aliphatic heterocycles. The summed E-state index contributed by atoms with van der Waals surface area (Å²) in [5.41, 5.74) is 5.03. The fourth-order valence-electron chi connectivity index (χ4n) is 1.26. The molecule has 2 N–H and O–H groups in total. The van der Waals surface area contributed by atoms with E-state index in [-0.39, 0.29) is 22.7 Å². The summed E-state index contributed by atoms with van der Waals surface area (Å²) in [4.78, 5) is 10.5. The van der Waals surface area contributed by atoms with Gasteiger partial charge >= 0.3 is 12.1 Å². The maximum Gasteiger partial charge on any atom is 0.425 e. The zero-order chi connectivity index (χ0) is 12.5. The Balaban J connectivity index is 3.23. The summed E-state index contributed by atoms with van der Waals surface area (Å²) in [7, 11) is 0. The Hall–Kier alpha value is -1.24. The minimum atomic E-state index is -4.49. The molecule has 0 aliphatic carbocycles. The number of nitrogens with two attached hydrogens (primary N) is 1. The zero-order valence-corrected chi connectivity index (χ0v) is 9.46. The summed E-state index contributed by atoms with van der Waals surface area (Å²) in [5.74, 6) is -0.816. The van der Waals surface area contributed by atoms with Crippen molar-refractivity contribution in [1.29, 1.82) is 0 Å². The van der Waals surface area contributed by atoms with Gasteiger partial charge in [0.05, 0.1) is 12.2 Å². The summed E-state index contributed by atoms with van der Waals surface area (Å²) < 4.78 is 42.1. The zero-order valence-electron chi connectivity index (χ0n) is 8.64. The normalized spacial score (nSPS) is 11.6. The third-order valence-corrected chi connectivity index (χ3v) is 3.08. The van der Waals surface area contributed by atoms with Gasteiger partial charge in [-0.15, -0.1) is 11.3 Å². The van der Waals surface area contributed by atoms with Crippen LogP contribution in [0.4, 0.5) is 18.2 Å². The van der Waals surface area contributed by atoms with Crippen LogP contribution in [0.1, 0.15) is 27.7 Å². The van der Waals surface area contributed by atoms with Crippen molar-refractivity contribution in [3.8, 4) is 0 Å². The first-order chi connectivity index (χ1) is 7.29. The average molecular weight is 253 g/mol. The number of hydrogen-bond donors (Lipinski definition) is 1. The number of anilines is 1. The highest BCUT2D eigenvalue weighted by Gasteiger charge is 2.37. The molecule has 0 spiro atoms. The number of carbonyl (C=O) groups is 1. The molecular weight excluding hydrogens is 243 g/mol. The van der Waals surface area contributed by atoms with Crippen molar-refractivity contribution in [2.75, 3.05) is 12.3 Å². The molecule has 0 saturated heterocycles. The second kappa shape index (κ2) is 4.32.